The molecule has 1 aromatic heterocycles. The van der Waals surface area contributed by atoms with Crippen LogP contribution in [-0.4, -0.2) is 29.1 Å². The van der Waals surface area contributed by atoms with Crippen molar-refractivity contribution in [1.82, 2.24) is 4.98 Å². The highest BCUT2D eigenvalue weighted by Gasteiger charge is 2.17. The number of carboxylic acid groups (broad SMARTS) is 1. The van der Waals surface area contributed by atoms with E-state index in [-0.39, 0.29) is 0 Å². The summed E-state index contributed by atoms with van der Waals surface area (Å²) in [5, 5.41) is 8.62. The molecule has 1 N–H and O–H groups in total. The van der Waals surface area contributed by atoms with Gasteiger partial charge in [0.1, 0.15) is 5.82 Å². The Bertz CT molecular complexity index is 482. The van der Waals surface area contributed by atoms with Crippen molar-refractivity contribution in [2.45, 2.75) is 39.0 Å². The molecular weight excluding hydrogens is 264 g/mol. The SMILES string of the molecule is CCCC1CCCN(c2ccc(/C=C/C(=O)O)cn2)CC1. The predicted molar refractivity (Wildman–Crippen MR) is 85.4 cm³/mol. The molecule has 0 aromatic carbocycles. The summed E-state index contributed by atoms with van der Waals surface area (Å²) in [6.07, 6.45) is 10.8. The highest BCUT2D eigenvalue weighted by atomic mass is 16.4. The average molecular weight is 288 g/mol. The van der Waals surface area contributed by atoms with Gasteiger partial charge in [-0.15, -0.1) is 0 Å². The zero-order valence-corrected chi connectivity index (χ0v) is 12.7. The van der Waals surface area contributed by atoms with E-state index in [0.717, 1.165) is 36.5 Å². The van der Waals surface area contributed by atoms with Crippen molar-refractivity contribution in [2.24, 2.45) is 5.92 Å². The Morgan fingerprint density at radius 2 is 2.29 bits per heavy atom. The van der Waals surface area contributed by atoms with E-state index in [4.69, 9.17) is 5.11 Å². The highest BCUT2D eigenvalue weighted by Crippen LogP contribution is 2.24. The zero-order valence-electron chi connectivity index (χ0n) is 12.7. The van der Waals surface area contributed by atoms with Crippen LogP contribution in [0.5, 0.6) is 0 Å². The Kier molecular flexibility index (Phi) is 5.78. The molecule has 2 rings (SSSR count). The van der Waals surface area contributed by atoms with Crippen LogP contribution >= 0.6 is 0 Å². The molecule has 1 aromatic rings. The van der Waals surface area contributed by atoms with Gasteiger partial charge in [0, 0.05) is 25.4 Å². The smallest absolute Gasteiger partial charge is 0.328 e. The van der Waals surface area contributed by atoms with Crippen molar-refractivity contribution >= 4 is 17.9 Å². The molecular formula is C17H24N2O2. The van der Waals surface area contributed by atoms with E-state index < -0.39 is 5.97 Å². The van der Waals surface area contributed by atoms with Crippen molar-refractivity contribution < 1.29 is 9.90 Å². The van der Waals surface area contributed by atoms with Crippen molar-refractivity contribution in [3.8, 4) is 0 Å². The molecule has 114 valence electrons. The molecule has 1 unspecified atom stereocenters. The predicted octanol–water partition coefficient (Wildman–Crippen LogP) is 3.59. The quantitative estimate of drug-likeness (QED) is 0.841. The van der Waals surface area contributed by atoms with Crippen LogP contribution in [0.4, 0.5) is 5.82 Å². The van der Waals surface area contributed by atoms with Crippen molar-refractivity contribution in [2.75, 3.05) is 18.0 Å². The van der Waals surface area contributed by atoms with Gasteiger partial charge < -0.3 is 10.0 Å². The third kappa shape index (κ3) is 4.88. The first-order chi connectivity index (χ1) is 10.2. The largest absolute Gasteiger partial charge is 0.478 e. The number of nitrogens with zero attached hydrogens (tertiary/aromatic N) is 2. The van der Waals surface area contributed by atoms with E-state index in [1.54, 1.807) is 12.3 Å². The molecule has 1 atom stereocenters. The van der Waals surface area contributed by atoms with Gasteiger partial charge in [-0.3, -0.25) is 0 Å². The summed E-state index contributed by atoms with van der Waals surface area (Å²) in [6, 6.07) is 3.91. The highest BCUT2D eigenvalue weighted by molar-refractivity contribution is 5.85. The Morgan fingerprint density at radius 1 is 1.43 bits per heavy atom. The molecule has 0 amide bonds. The number of pyridine rings is 1. The summed E-state index contributed by atoms with van der Waals surface area (Å²) in [4.78, 5) is 17.3. The number of aromatic nitrogens is 1. The standard InChI is InChI=1S/C17H24N2O2/c1-2-4-14-5-3-11-19(12-10-14)16-8-6-15(13-18-16)7-9-17(20)21/h6-9,13-14H,2-5,10-12H2,1H3,(H,20,21)/b9-7+. The van der Waals surface area contributed by atoms with Gasteiger partial charge in [-0.2, -0.15) is 0 Å². The Balaban J connectivity index is 1.97. The van der Waals surface area contributed by atoms with Gasteiger partial charge in [-0.05, 0) is 49.0 Å². The maximum absolute atomic E-state index is 10.5. The fraction of sp³-hybridized carbons (Fsp3) is 0.529. The van der Waals surface area contributed by atoms with Crippen LogP contribution in [0.3, 0.4) is 0 Å². The van der Waals surface area contributed by atoms with E-state index in [9.17, 15) is 4.79 Å². The number of carbonyl (C=O) groups is 1. The van der Waals surface area contributed by atoms with Gasteiger partial charge in [0.05, 0.1) is 0 Å². The van der Waals surface area contributed by atoms with Gasteiger partial charge in [0.25, 0.3) is 0 Å². The number of hydrogen-bond acceptors (Lipinski definition) is 3. The molecule has 1 saturated heterocycles. The molecule has 0 saturated carbocycles. The maximum atomic E-state index is 10.5. The first kappa shape index (κ1) is 15.5. The number of hydrogen-bond donors (Lipinski definition) is 1. The molecule has 0 bridgehead atoms. The third-order valence-electron chi connectivity index (χ3n) is 4.06. The number of rotatable bonds is 5. The monoisotopic (exact) mass is 288 g/mol. The second-order valence-electron chi connectivity index (χ2n) is 5.69. The maximum Gasteiger partial charge on any atom is 0.328 e. The van der Waals surface area contributed by atoms with Crippen LogP contribution in [0.1, 0.15) is 44.6 Å². The van der Waals surface area contributed by atoms with Crippen molar-refractivity contribution in [1.29, 1.82) is 0 Å². The van der Waals surface area contributed by atoms with Gasteiger partial charge in [0.15, 0.2) is 0 Å². The van der Waals surface area contributed by atoms with E-state index in [2.05, 4.69) is 16.8 Å². The first-order valence-corrected chi connectivity index (χ1v) is 7.81. The molecule has 4 nitrogen and oxygen atoms in total. The minimum Gasteiger partial charge on any atom is -0.478 e. The normalized spacial score (nSPS) is 19.7. The summed E-state index contributed by atoms with van der Waals surface area (Å²) in [5.74, 6) is 0.922. The number of carboxylic acids is 1. The zero-order chi connectivity index (χ0) is 15.1. The first-order valence-electron chi connectivity index (χ1n) is 7.81. The molecule has 1 fully saturated rings. The van der Waals surface area contributed by atoms with Crippen molar-refractivity contribution in [3.05, 3.63) is 30.0 Å². The summed E-state index contributed by atoms with van der Waals surface area (Å²) < 4.78 is 0. The van der Waals surface area contributed by atoms with Crippen LogP contribution in [0.15, 0.2) is 24.4 Å². The third-order valence-corrected chi connectivity index (χ3v) is 4.06. The molecule has 21 heavy (non-hydrogen) atoms. The lowest BCUT2D eigenvalue weighted by Gasteiger charge is -2.21. The van der Waals surface area contributed by atoms with E-state index >= 15 is 0 Å². The van der Waals surface area contributed by atoms with Crippen molar-refractivity contribution in [3.63, 3.8) is 0 Å². The summed E-state index contributed by atoms with van der Waals surface area (Å²) in [6.45, 7) is 4.40. The molecule has 1 aliphatic rings. The fourth-order valence-electron chi connectivity index (χ4n) is 2.94. The lowest BCUT2D eigenvalue weighted by molar-refractivity contribution is -0.131. The van der Waals surface area contributed by atoms with Gasteiger partial charge in [-0.1, -0.05) is 19.8 Å². The van der Waals surface area contributed by atoms with Gasteiger partial charge in [0.2, 0.25) is 0 Å². The van der Waals surface area contributed by atoms with E-state index in [1.165, 1.54) is 32.1 Å². The Hall–Kier alpha value is -1.84. The molecule has 1 aliphatic heterocycles. The van der Waals surface area contributed by atoms with Crippen LogP contribution in [0, 0.1) is 5.92 Å². The second-order valence-corrected chi connectivity index (χ2v) is 5.69. The lowest BCUT2D eigenvalue weighted by atomic mass is 9.96. The number of aliphatic carboxylic acids is 1. The minimum atomic E-state index is -0.937. The molecule has 0 radical (unpaired) electrons. The van der Waals surface area contributed by atoms with Crippen LogP contribution in [0.2, 0.25) is 0 Å². The Morgan fingerprint density at radius 3 is 2.95 bits per heavy atom. The molecule has 4 heteroatoms. The minimum absolute atomic E-state index is 0.819. The summed E-state index contributed by atoms with van der Waals surface area (Å²) in [5.41, 5.74) is 0.819. The summed E-state index contributed by atoms with van der Waals surface area (Å²) >= 11 is 0. The fourth-order valence-corrected chi connectivity index (χ4v) is 2.94. The Labute approximate surface area is 126 Å². The molecule has 0 aliphatic carbocycles. The van der Waals surface area contributed by atoms with E-state index in [0.29, 0.717) is 0 Å². The van der Waals surface area contributed by atoms with E-state index in [1.807, 2.05) is 12.1 Å². The number of anilines is 1. The summed E-state index contributed by atoms with van der Waals surface area (Å²) in [7, 11) is 0. The molecule has 0 spiro atoms. The lowest BCUT2D eigenvalue weighted by Crippen LogP contribution is -2.25. The molecule has 2 heterocycles. The second kappa shape index (κ2) is 7.81. The topological polar surface area (TPSA) is 53.4 Å². The van der Waals surface area contributed by atoms with Crippen LogP contribution in [-0.2, 0) is 4.79 Å². The van der Waals surface area contributed by atoms with Crippen LogP contribution < -0.4 is 4.90 Å². The van der Waals surface area contributed by atoms with Gasteiger partial charge in [-0.25, -0.2) is 9.78 Å². The van der Waals surface area contributed by atoms with Gasteiger partial charge >= 0.3 is 5.97 Å². The van der Waals surface area contributed by atoms with Crippen LogP contribution in [0.25, 0.3) is 6.08 Å². The average Bonchev–Trinajstić information content (AvgIpc) is 2.72.